The van der Waals surface area contributed by atoms with Gasteiger partial charge in [-0.2, -0.15) is 5.10 Å². The number of benzene rings is 2. The maximum absolute atomic E-state index is 9.58. The molecule has 0 unspecified atom stereocenters. The van der Waals surface area contributed by atoms with Crippen LogP contribution in [0.1, 0.15) is 50.3 Å². The van der Waals surface area contributed by atoms with Gasteiger partial charge in [-0.15, -0.1) is 0 Å². The molecule has 0 saturated carbocycles. The fourth-order valence-electron chi connectivity index (χ4n) is 2.65. The number of fused-ring (bicyclic) bond motifs is 1. The van der Waals surface area contributed by atoms with E-state index in [0.717, 1.165) is 16.7 Å². The highest BCUT2D eigenvalue weighted by Gasteiger charge is 2.11. The number of allylic oxidation sites excluding steroid dienone is 1. The van der Waals surface area contributed by atoms with Crippen molar-refractivity contribution in [2.75, 3.05) is 14.1 Å². The van der Waals surface area contributed by atoms with Gasteiger partial charge in [-0.05, 0) is 75.0 Å². The number of aryl methyl sites for hydroxylation is 2. The number of phenolic OH excluding ortho intramolecular Hbond substituents is 2. The zero-order chi connectivity index (χ0) is 24.1. The standard InChI is InChI=1S/C12H16O2.C9H10N2.C2H7N.C2H4S/c1-7(2)9-5-10(8(3)4)12(14)6-11(9)13;1-7-3-4-8-6-11(2)10-9(8)5-7;1-3-2;1-2-3/h5-6,8,13-14H,1H2,2-4H3;3-6H,1-2H3;3H,1-2H3;2H,1H3. The summed E-state index contributed by atoms with van der Waals surface area (Å²) in [6, 6.07) is 9.45. The fourth-order valence-corrected chi connectivity index (χ4v) is 2.65. The zero-order valence-electron chi connectivity index (χ0n) is 20.0. The van der Waals surface area contributed by atoms with Crippen LogP contribution in [-0.2, 0) is 7.05 Å². The van der Waals surface area contributed by atoms with E-state index < -0.39 is 0 Å². The first-order valence-corrected chi connectivity index (χ1v) is 10.6. The van der Waals surface area contributed by atoms with E-state index in [1.807, 2.05) is 59.7 Å². The van der Waals surface area contributed by atoms with E-state index in [-0.39, 0.29) is 17.4 Å². The molecular formula is C25H37N3O2S. The first-order valence-electron chi connectivity index (χ1n) is 10.1. The minimum absolute atomic E-state index is 0.0828. The first kappa shape index (κ1) is 28.3. The molecule has 0 aliphatic carbocycles. The first-order chi connectivity index (χ1) is 14.5. The van der Waals surface area contributed by atoms with Gasteiger partial charge in [-0.3, -0.25) is 4.68 Å². The molecule has 1 aromatic heterocycles. The van der Waals surface area contributed by atoms with Crippen LogP contribution in [0.4, 0.5) is 0 Å². The third-order valence-corrected chi connectivity index (χ3v) is 4.00. The summed E-state index contributed by atoms with van der Waals surface area (Å²) in [6.45, 7) is 13.5. The number of hydrogen-bond donors (Lipinski definition) is 3. The quantitative estimate of drug-likeness (QED) is 0.425. The van der Waals surface area contributed by atoms with Crippen molar-refractivity contribution in [1.82, 2.24) is 15.1 Å². The highest BCUT2D eigenvalue weighted by Crippen LogP contribution is 2.34. The van der Waals surface area contributed by atoms with Crippen molar-refractivity contribution < 1.29 is 10.2 Å². The molecule has 0 atom stereocenters. The van der Waals surface area contributed by atoms with Crippen molar-refractivity contribution in [1.29, 1.82) is 0 Å². The maximum atomic E-state index is 9.58. The van der Waals surface area contributed by atoms with Crippen molar-refractivity contribution in [2.45, 2.75) is 40.5 Å². The van der Waals surface area contributed by atoms with Gasteiger partial charge in [0.05, 0.1) is 5.52 Å². The second kappa shape index (κ2) is 14.3. The van der Waals surface area contributed by atoms with Crippen LogP contribution in [0.15, 0.2) is 43.1 Å². The van der Waals surface area contributed by atoms with Gasteiger partial charge < -0.3 is 15.5 Å². The molecule has 2 aromatic carbocycles. The van der Waals surface area contributed by atoms with Crippen molar-refractivity contribution in [2.24, 2.45) is 7.05 Å². The average molecular weight is 444 g/mol. The van der Waals surface area contributed by atoms with E-state index in [1.165, 1.54) is 17.0 Å². The van der Waals surface area contributed by atoms with Crippen LogP contribution < -0.4 is 5.32 Å². The number of aromatic hydroxyl groups is 2. The van der Waals surface area contributed by atoms with Crippen LogP contribution in [0.5, 0.6) is 11.5 Å². The van der Waals surface area contributed by atoms with Crippen molar-refractivity contribution in [3.63, 3.8) is 0 Å². The molecule has 0 bridgehead atoms. The summed E-state index contributed by atoms with van der Waals surface area (Å²) < 4.78 is 1.84. The highest BCUT2D eigenvalue weighted by atomic mass is 32.1. The van der Waals surface area contributed by atoms with Crippen LogP contribution >= 0.6 is 12.2 Å². The largest absolute Gasteiger partial charge is 0.508 e. The summed E-state index contributed by atoms with van der Waals surface area (Å²) >= 11 is 4.27. The third-order valence-electron chi connectivity index (χ3n) is 4.00. The number of nitrogens with one attached hydrogen (secondary N) is 1. The van der Waals surface area contributed by atoms with E-state index in [0.29, 0.717) is 5.56 Å². The average Bonchev–Trinajstić information content (AvgIpc) is 3.02. The van der Waals surface area contributed by atoms with Crippen LogP contribution in [0.3, 0.4) is 0 Å². The summed E-state index contributed by atoms with van der Waals surface area (Å²) in [5, 5.41) is 29.0. The normalized spacial score (nSPS) is 9.58. The van der Waals surface area contributed by atoms with Crippen molar-refractivity contribution in [3.8, 4) is 11.5 Å². The van der Waals surface area contributed by atoms with Crippen LogP contribution in [0.2, 0.25) is 0 Å². The number of phenols is 2. The summed E-state index contributed by atoms with van der Waals surface area (Å²) in [5.74, 6) is 0.454. The van der Waals surface area contributed by atoms with Gasteiger partial charge in [-0.1, -0.05) is 44.8 Å². The minimum atomic E-state index is 0.0828. The Morgan fingerprint density at radius 3 is 2.19 bits per heavy atom. The molecule has 31 heavy (non-hydrogen) atoms. The van der Waals surface area contributed by atoms with E-state index in [2.05, 4.69) is 54.3 Å². The van der Waals surface area contributed by atoms with Crippen molar-refractivity contribution in [3.05, 3.63) is 59.8 Å². The van der Waals surface area contributed by atoms with Gasteiger partial charge in [0.25, 0.3) is 0 Å². The molecule has 3 rings (SSSR count). The Bertz CT molecular complexity index is 978. The molecule has 0 saturated heterocycles. The molecule has 0 fully saturated rings. The molecule has 0 aliphatic heterocycles. The summed E-state index contributed by atoms with van der Waals surface area (Å²) in [6.07, 6.45) is 2.02. The highest BCUT2D eigenvalue weighted by molar-refractivity contribution is 7.78. The molecule has 0 aliphatic rings. The molecule has 0 amide bonds. The maximum Gasteiger partial charge on any atom is 0.126 e. The minimum Gasteiger partial charge on any atom is -0.508 e. The van der Waals surface area contributed by atoms with Gasteiger partial charge >= 0.3 is 0 Å². The number of rotatable bonds is 2. The summed E-state index contributed by atoms with van der Waals surface area (Å²) in [7, 11) is 5.69. The van der Waals surface area contributed by atoms with E-state index >= 15 is 0 Å². The van der Waals surface area contributed by atoms with E-state index in [9.17, 15) is 10.2 Å². The Balaban J connectivity index is 0.000000470. The molecule has 5 nitrogen and oxygen atoms in total. The van der Waals surface area contributed by atoms with Gasteiger partial charge in [0.2, 0.25) is 0 Å². The lowest BCUT2D eigenvalue weighted by Crippen LogP contribution is -1.91. The SMILES string of the molecule is C=C(C)c1cc(C(C)C)c(O)cc1O.CC=S.CNC.Cc1ccc2cn(C)nc2c1. The predicted octanol–water partition coefficient (Wildman–Crippen LogP) is 5.98. The molecule has 170 valence electrons. The Kier molecular flexibility index (Phi) is 13.1. The van der Waals surface area contributed by atoms with Gasteiger partial charge in [-0.25, -0.2) is 0 Å². The Labute approximate surface area is 192 Å². The summed E-state index contributed by atoms with van der Waals surface area (Å²) in [5.41, 5.74) is 4.67. The van der Waals surface area contributed by atoms with Gasteiger partial charge in [0.1, 0.15) is 11.5 Å². The van der Waals surface area contributed by atoms with Crippen LogP contribution in [-0.4, -0.2) is 39.5 Å². The Hall–Kier alpha value is -2.70. The molecule has 3 aromatic rings. The second-order valence-corrected chi connectivity index (χ2v) is 7.94. The number of aromatic nitrogens is 2. The molecule has 3 N–H and O–H groups in total. The Morgan fingerprint density at radius 2 is 1.71 bits per heavy atom. The van der Waals surface area contributed by atoms with Crippen LogP contribution in [0, 0.1) is 6.92 Å². The molecular weight excluding hydrogens is 406 g/mol. The molecule has 6 heteroatoms. The number of thiocarbonyl (C=S) groups is 1. The molecule has 1 heterocycles. The van der Waals surface area contributed by atoms with Crippen LogP contribution in [0.25, 0.3) is 16.5 Å². The van der Waals surface area contributed by atoms with Gasteiger partial charge in [0, 0.05) is 30.3 Å². The predicted molar refractivity (Wildman–Crippen MR) is 138 cm³/mol. The molecule has 0 radical (unpaired) electrons. The smallest absolute Gasteiger partial charge is 0.126 e. The van der Waals surface area contributed by atoms with Crippen molar-refractivity contribution >= 4 is 34.1 Å². The van der Waals surface area contributed by atoms with E-state index in [4.69, 9.17) is 0 Å². The lowest BCUT2D eigenvalue weighted by atomic mass is 9.96. The fraction of sp³-hybridized carbons (Fsp3) is 0.360. The number of hydrogen-bond acceptors (Lipinski definition) is 5. The monoisotopic (exact) mass is 443 g/mol. The second-order valence-electron chi connectivity index (χ2n) is 7.46. The third kappa shape index (κ3) is 9.77. The van der Waals surface area contributed by atoms with Gasteiger partial charge in [0.15, 0.2) is 0 Å². The lowest BCUT2D eigenvalue weighted by Gasteiger charge is -2.12. The zero-order valence-corrected chi connectivity index (χ0v) is 20.8. The Morgan fingerprint density at radius 1 is 1.16 bits per heavy atom. The topological polar surface area (TPSA) is 70.3 Å². The lowest BCUT2D eigenvalue weighted by molar-refractivity contribution is 0.443. The summed E-state index contributed by atoms with van der Waals surface area (Å²) in [4.78, 5) is 0. The van der Waals surface area contributed by atoms with E-state index in [1.54, 1.807) is 11.4 Å². The molecule has 0 spiro atoms. The number of nitrogens with zero attached hydrogens (tertiary/aromatic N) is 2.